The maximum atomic E-state index is 12.9. The Morgan fingerprint density at radius 3 is 2.17 bits per heavy atom. The third-order valence-corrected chi connectivity index (χ3v) is 5.29. The Hall–Kier alpha value is -1.71. The maximum Gasteiger partial charge on any atom is 0.416 e. The molecule has 0 aliphatic carbocycles. The number of rotatable bonds is 4. The van der Waals surface area contributed by atoms with Crippen LogP contribution in [-0.2, 0) is 4.74 Å². The number of nitrogens with zero attached hydrogens (tertiary/aromatic N) is 1. The number of hydrogen-bond donors (Lipinski definition) is 0. The molecule has 0 fully saturated rings. The molecule has 0 radical (unpaired) electrons. The largest absolute Gasteiger partial charge is 0.443 e. The molecule has 0 N–H and O–H groups in total. The number of benzene rings is 1. The molecule has 0 saturated carbocycles. The number of aromatic nitrogens is 1. The third kappa shape index (κ3) is 3.31. The Morgan fingerprint density at radius 2 is 1.65 bits per heavy atom. The fraction of sp³-hybridized carbons (Fsp3) is 0.526. The zero-order chi connectivity index (χ0) is 17.3. The summed E-state index contributed by atoms with van der Waals surface area (Å²) < 4.78 is 7.51. The molecule has 3 nitrogen and oxygen atoms in total. The molecule has 0 aliphatic heterocycles. The molecule has 0 atom stereocenters. The normalized spacial score (nSPS) is 12.6. The van der Waals surface area contributed by atoms with Crippen molar-refractivity contribution in [2.75, 3.05) is 0 Å². The summed E-state index contributed by atoms with van der Waals surface area (Å²) >= 11 is 0. The average molecular weight is 314 g/mol. The summed E-state index contributed by atoms with van der Waals surface area (Å²) in [5.74, 6) is 0. The van der Waals surface area contributed by atoms with E-state index in [1.165, 1.54) is 0 Å². The molecular formula is C19H29BNO2-. The Labute approximate surface area is 139 Å². The standard InChI is InChI=1S/C19H29BNO2/c1-7-20(8-2,9-3)17-14-15-12-10-11-13-16(15)21(17)18(22)23-19(4,5)6/h10-14H,7-9H2,1-6H3/q-1. The molecule has 0 spiro atoms. The zero-order valence-electron chi connectivity index (χ0n) is 15.3. The monoisotopic (exact) mass is 314 g/mol. The molecule has 1 heterocycles. The van der Waals surface area contributed by atoms with Crippen LogP contribution in [0, 0.1) is 0 Å². The first kappa shape index (κ1) is 17.6. The molecule has 0 amide bonds. The molecule has 0 aliphatic rings. The van der Waals surface area contributed by atoms with Crippen LogP contribution in [0.2, 0.25) is 19.0 Å². The van der Waals surface area contributed by atoms with Gasteiger partial charge in [-0.15, -0.1) is 5.59 Å². The quantitative estimate of drug-likeness (QED) is 0.732. The minimum Gasteiger partial charge on any atom is -0.443 e. The highest BCUT2D eigenvalue weighted by Gasteiger charge is 2.29. The highest BCUT2D eigenvalue weighted by Crippen LogP contribution is 2.25. The van der Waals surface area contributed by atoms with E-state index in [-0.39, 0.29) is 6.09 Å². The summed E-state index contributed by atoms with van der Waals surface area (Å²) in [5, 5.41) is 1.11. The number of para-hydroxylation sites is 1. The summed E-state index contributed by atoms with van der Waals surface area (Å²) in [7, 11) is 0. The van der Waals surface area contributed by atoms with Crippen LogP contribution >= 0.6 is 0 Å². The number of carbonyl (C=O) groups is 1. The molecule has 2 rings (SSSR count). The van der Waals surface area contributed by atoms with Gasteiger partial charge < -0.3 is 4.74 Å². The highest BCUT2D eigenvalue weighted by atomic mass is 16.6. The van der Waals surface area contributed by atoms with Crippen molar-refractivity contribution in [2.24, 2.45) is 0 Å². The number of carbonyl (C=O) groups excluding carboxylic acids is 1. The van der Waals surface area contributed by atoms with Crippen molar-refractivity contribution in [3.63, 3.8) is 0 Å². The summed E-state index contributed by atoms with van der Waals surface area (Å²) in [4.78, 5) is 12.9. The van der Waals surface area contributed by atoms with Gasteiger partial charge in [-0.2, -0.15) is 19.0 Å². The Morgan fingerprint density at radius 1 is 1.09 bits per heavy atom. The van der Waals surface area contributed by atoms with Gasteiger partial charge in [0.15, 0.2) is 0 Å². The van der Waals surface area contributed by atoms with Gasteiger partial charge in [0, 0.05) is 6.15 Å². The van der Waals surface area contributed by atoms with E-state index in [0.717, 1.165) is 35.5 Å². The molecule has 2 aromatic rings. The van der Waals surface area contributed by atoms with E-state index in [1.54, 1.807) is 0 Å². The van der Waals surface area contributed by atoms with Crippen LogP contribution in [0.25, 0.3) is 10.9 Å². The SMILES string of the molecule is CC[B-](CC)(CC)c1cc2ccccc2n1C(=O)OC(C)(C)C. The summed E-state index contributed by atoms with van der Waals surface area (Å²) in [6.45, 7) is 12.4. The van der Waals surface area contributed by atoms with E-state index in [0.29, 0.717) is 0 Å². The fourth-order valence-corrected chi connectivity index (χ4v) is 3.63. The second kappa shape index (κ2) is 6.42. The topological polar surface area (TPSA) is 31.2 Å². The van der Waals surface area contributed by atoms with Gasteiger partial charge in [-0.3, -0.25) is 4.57 Å². The van der Waals surface area contributed by atoms with E-state index in [4.69, 9.17) is 4.74 Å². The lowest BCUT2D eigenvalue weighted by Crippen LogP contribution is -2.51. The fourth-order valence-electron chi connectivity index (χ4n) is 3.63. The summed E-state index contributed by atoms with van der Waals surface area (Å²) in [6.07, 6.45) is 2.15. The van der Waals surface area contributed by atoms with Crippen LogP contribution in [0.3, 0.4) is 0 Å². The van der Waals surface area contributed by atoms with Crippen LogP contribution < -0.4 is 5.59 Å². The molecule has 0 bridgehead atoms. The van der Waals surface area contributed by atoms with Crippen LogP contribution in [0.5, 0.6) is 0 Å². The lowest BCUT2D eigenvalue weighted by molar-refractivity contribution is 0.0549. The van der Waals surface area contributed by atoms with E-state index in [2.05, 4.69) is 32.9 Å². The Kier molecular flexibility index (Phi) is 4.93. The van der Waals surface area contributed by atoms with Gasteiger partial charge in [0.25, 0.3) is 0 Å². The maximum absolute atomic E-state index is 12.9. The molecule has 126 valence electrons. The van der Waals surface area contributed by atoms with Gasteiger partial charge in [0.2, 0.25) is 0 Å². The van der Waals surface area contributed by atoms with E-state index in [1.807, 2.05) is 43.5 Å². The first-order chi connectivity index (χ1) is 10.8. The second-order valence-electron chi connectivity index (χ2n) is 7.65. The highest BCUT2D eigenvalue weighted by molar-refractivity contribution is 6.91. The van der Waals surface area contributed by atoms with Crippen molar-refractivity contribution >= 4 is 28.7 Å². The Balaban J connectivity index is 2.69. The van der Waals surface area contributed by atoms with Gasteiger partial charge in [0.05, 0.1) is 5.52 Å². The van der Waals surface area contributed by atoms with Crippen LogP contribution in [-0.4, -0.2) is 22.4 Å². The van der Waals surface area contributed by atoms with Crippen molar-refractivity contribution in [1.82, 2.24) is 4.57 Å². The second-order valence-corrected chi connectivity index (χ2v) is 7.65. The predicted octanol–water partition coefficient (Wildman–Crippen LogP) is 5.14. The summed E-state index contributed by atoms with van der Waals surface area (Å²) in [5.41, 5.74) is 1.58. The first-order valence-corrected chi connectivity index (χ1v) is 8.82. The van der Waals surface area contributed by atoms with Crippen LogP contribution in [0.15, 0.2) is 30.3 Å². The van der Waals surface area contributed by atoms with Crippen molar-refractivity contribution in [2.45, 2.75) is 66.1 Å². The van der Waals surface area contributed by atoms with Crippen molar-refractivity contribution in [3.05, 3.63) is 30.3 Å². The molecule has 0 unspecified atom stereocenters. The molecule has 1 aromatic heterocycles. The van der Waals surface area contributed by atoms with Crippen LogP contribution in [0.1, 0.15) is 41.5 Å². The summed E-state index contributed by atoms with van der Waals surface area (Å²) in [6, 6.07) is 10.3. The average Bonchev–Trinajstić information content (AvgIpc) is 2.88. The Bertz CT molecular complexity index is 685. The third-order valence-electron chi connectivity index (χ3n) is 5.29. The van der Waals surface area contributed by atoms with Gasteiger partial charge in [-0.05, 0) is 32.2 Å². The minimum absolute atomic E-state index is 0.268. The van der Waals surface area contributed by atoms with E-state index in [9.17, 15) is 4.79 Å². The van der Waals surface area contributed by atoms with Crippen molar-refractivity contribution in [3.8, 4) is 0 Å². The van der Waals surface area contributed by atoms with Gasteiger partial charge >= 0.3 is 6.09 Å². The van der Waals surface area contributed by atoms with Gasteiger partial charge in [0.1, 0.15) is 5.60 Å². The predicted molar refractivity (Wildman–Crippen MR) is 100 cm³/mol. The zero-order valence-corrected chi connectivity index (χ0v) is 15.3. The van der Waals surface area contributed by atoms with Crippen molar-refractivity contribution < 1.29 is 9.53 Å². The molecular weight excluding hydrogens is 285 g/mol. The number of fused-ring (bicyclic) bond motifs is 1. The smallest absolute Gasteiger partial charge is 0.416 e. The lowest BCUT2D eigenvalue weighted by atomic mass is 9.19. The number of ether oxygens (including phenoxy) is 1. The van der Waals surface area contributed by atoms with Crippen molar-refractivity contribution in [1.29, 1.82) is 0 Å². The number of hydrogen-bond acceptors (Lipinski definition) is 2. The molecule has 4 heteroatoms. The minimum atomic E-state index is -0.766. The molecule has 1 aromatic carbocycles. The van der Waals surface area contributed by atoms with E-state index >= 15 is 0 Å². The van der Waals surface area contributed by atoms with Gasteiger partial charge in [-0.1, -0.05) is 45.0 Å². The lowest BCUT2D eigenvalue weighted by Gasteiger charge is -2.38. The first-order valence-electron chi connectivity index (χ1n) is 8.82. The van der Waals surface area contributed by atoms with Gasteiger partial charge in [-0.25, -0.2) is 4.79 Å². The van der Waals surface area contributed by atoms with E-state index < -0.39 is 11.7 Å². The molecule has 23 heavy (non-hydrogen) atoms. The van der Waals surface area contributed by atoms with Crippen LogP contribution in [0.4, 0.5) is 4.79 Å². The molecule has 0 saturated heterocycles.